The molecule has 0 spiro atoms. The van der Waals surface area contributed by atoms with Gasteiger partial charge in [0, 0.05) is 44.8 Å². The average Bonchev–Trinajstić information content (AvgIpc) is 3.72. The van der Waals surface area contributed by atoms with Crippen molar-refractivity contribution < 1.29 is 0 Å². The fourth-order valence-electron chi connectivity index (χ4n) is 7.33. The molecule has 0 saturated carbocycles. The van der Waals surface area contributed by atoms with Gasteiger partial charge in [0.1, 0.15) is 5.82 Å². The Labute approximate surface area is 298 Å². The first kappa shape index (κ1) is 30.7. The van der Waals surface area contributed by atoms with E-state index in [0.29, 0.717) is 0 Å². The average molecular weight is 659 g/mol. The van der Waals surface area contributed by atoms with Gasteiger partial charge in [-0.3, -0.25) is 4.57 Å². The molecule has 0 fully saturated rings. The Morgan fingerprint density at radius 1 is 0.431 bits per heavy atom. The molecule has 2 aromatic heterocycles. The predicted molar refractivity (Wildman–Crippen MR) is 214 cm³/mol. The number of rotatable bonds is 6. The van der Waals surface area contributed by atoms with Crippen molar-refractivity contribution in [2.45, 2.75) is 26.2 Å². The van der Waals surface area contributed by atoms with Gasteiger partial charge in [-0.1, -0.05) is 99.6 Å². The van der Waals surface area contributed by atoms with Gasteiger partial charge in [-0.05, 0) is 108 Å². The van der Waals surface area contributed by atoms with E-state index in [1.165, 1.54) is 27.4 Å². The second-order valence-electron chi connectivity index (χ2n) is 14.2. The summed E-state index contributed by atoms with van der Waals surface area (Å²) in [5.41, 5.74) is 12.4. The fourth-order valence-corrected chi connectivity index (χ4v) is 7.33. The highest BCUT2D eigenvalue weighted by molar-refractivity contribution is 6.09. The van der Waals surface area contributed by atoms with E-state index in [1.54, 1.807) is 0 Å². The molecular formula is C47H38N4. The van der Waals surface area contributed by atoms with Crippen LogP contribution in [0, 0.1) is 0 Å². The monoisotopic (exact) mass is 658 g/mol. The lowest BCUT2D eigenvalue weighted by molar-refractivity contribution is 0.590. The van der Waals surface area contributed by atoms with Crippen molar-refractivity contribution in [2.75, 3.05) is 4.90 Å². The number of fused-ring (bicyclic) bond motifs is 4. The van der Waals surface area contributed by atoms with Gasteiger partial charge >= 0.3 is 0 Å². The first-order valence-electron chi connectivity index (χ1n) is 17.6. The molecule has 0 bridgehead atoms. The van der Waals surface area contributed by atoms with Crippen LogP contribution in [0.4, 0.5) is 17.1 Å². The van der Waals surface area contributed by atoms with E-state index in [-0.39, 0.29) is 5.41 Å². The third-order valence-electron chi connectivity index (χ3n) is 9.90. The molecule has 0 N–H and O–H groups in total. The van der Waals surface area contributed by atoms with Gasteiger partial charge in [-0.2, -0.15) is 0 Å². The molecule has 9 rings (SSSR count). The van der Waals surface area contributed by atoms with Gasteiger partial charge < -0.3 is 9.47 Å². The van der Waals surface area contributed by atoms with Gasteiger partial charge in [-0.15, -0.1) is 0 Å². The number of para-hydroxylation sites is 5. The summed E-state index contributed by atoms with van der Waals surface area (Å²) < 4.78 is 4.64. The largest absolute Gasteiger partial charge is 0.311 e. The van der Waals surface area contributed by atoms with E-state index in [1.807, 2.05) is 0 Å². The highest BCUT2D eigenvalue weighted by Gasteiger charge is 2.19. The zero-order chi connectivity index (χ0) is 34.5. The van der Waals surface area contributed by atoms with Crippen LogP contribution in [0.5, 0.6) is 0 Å². The van der Waals surface area contributed by atoms with E-state index in [4.69, 9.17) is 4.98 Å². The molecule has 4 heteroatoms. The summed E-state index contributed by atoms with van der Waals surface area (Å²) in [6.07, 6.45) is 0. The summed E-state index contributed by atoms with van der Waals surface area (Å²) in [7, 11) is 0. The second kappa shape index (κ2) is 12.2. The number of hydrogen-bond donors (Lipinski definition) is 0. The smallest absolute Gasteiger partial charge is 0.145 e. The molecule has 4 nitrogen and oxygen atoms in total. The number of benzene rings is 7. The topological polar surface area (TPSA) is 26.0 Å². The molecule has 0 aliphatic carbocycles. The first-order valence-corrected chi connectivity index (χ1v) is 17.6. The Balaban J connectivity index is 1.11. The van der Waals surface area contributed by atoms with E-state index in [9.17, 15) is 0 Å². The van der Waals surface area contributed by atoms with Crippen molar-refractivity contribution in [1.82, 2.24) is 14.1 Å². The highest BCUT2D eigenvalue weighted by Crippen LogP contribution is 2.38. The van der Waals surface area contributed by atoms with Crippen molar-refractivity contribution in [3.05, 3.63) is 181 Å². The van der Waals surface area contributed by atoms with Crippen LogP contribution >= 0.6 is 0 Å². The van der Waals surface area contributed by atoms with Crippen LogP contribution in [-0.4, -0.2) is 14.1 Å². The lowest BCUT2D eigenvalue weighted by atomic mass is 9.87. The van der Waals surface area contributed by atoms with Crippen LogP contribution in [-0.2, 0) is 5.41 Å². The summed E-state index contributed by atoms with van der Waals surface area (Å²) in [6, 6.07) is 62.8. The van der Waals surface area contributed by atoms with Crippen LogP contribution in [0.2, 0.25) is 0 Å². The Bertz CT molecular complexity index is 2590. The number of hydrogen-bond acceptors (Lipinski definition) is 2. The van der Waals surface area contributed by atoms with Crippen molar-refractivity contribution in [3.8, 4) is 22.8 Å². The SMILES string of the molecule is CC(C)(C)c1ccc(-n2c(-c3ccc(N(c4ccccc4)c4ccc(-n5c6ccccc6c6ccccc65)cc4)cc3)nc3ccccc32)cc1. The number of aromatic nitrogens is 3. The van der Waals surface area contributed by atoms with Crippen molar-refractivity contribution in [3.63, 3.8) is 0 Å². The minimum Gasteiger partial charge on any atom is -0.311 e. The first-order chi connectivity index (χ1) is 24.9. The molecule has 0 saturated heterocycles. The lowest BCUT2D eigenvalue weighted by Crippen LogP contribution is -2.11. The molecule has 0 amide bonds. The van der Waals surface area contributed by atoms with Gasteiger partial charge in [0.2, 0.25) is 0 Å². The van der Waals surface area contributed by atoms with Crippen LogP contribution in [0.1, 0.15) is 26.3 Å². The standard InChI is InChI=1S/C47H38N4/c1-47(2,3)34-23-27-39(28-24-34)51-45-20-12-9-17-42(45)48-46(51)33-21-25-36(26-22-33)49(35-13-5-4-6-14-35)37-29-31-38(32-30-37)50-43-18-10-7-15-40(43)41-16-8-11-19-44(41)50/h4-32H,1-3H3. The molecule has 0 aliphatic heterocycles. The maximum Gasteiger partial charge on any atom is 0.145 e. The second-order valence-corrected chi connectivity index (χ2v) is 14.2. The van der Waals surface area contributed by atoms with Crippen LogP contribution in [0.15, 0.2) is 176 Å². The van der Waals surface area contributed by atoms with E-state index >= 15 is 0 Å². The Hall–Kier alpha value is -6.39. The summed E-state index contributed by atoms with van der Waals surface area (Å²) >= 11 is 0. The van der Waals surface area contributed by atoms with E-state index in [2.05, 4.69) is 211 Å². The van der Waals surface area contributed by atoms with Crippen LogP contribution in [0.3, 0.4) is 0 Å². The van der Waals surface area contributed by atoms with Crippen molar-refractivity contribution in [1.29, 1.82) is 0 Å². The zero-order valence-corrected chi connectivity index (χ0v) is 29.0. The molecule has 0 atom stereocenters. The summed E-state index contributed by atoms with van der Waals surface area (Å²) in [5, 5.41) is 2.53. The third-order valence-corrected chi connectivity index (χ3v) is 9.90. The molecule has 246 valence electrons. The molecule has 2 heterocycles. The minimum absolute atomic E-state index is 0.0875. The summed E-state index contributed by atoms with van der Waals surface area (Å²) in [6.45, 7) is 6.75. The minimum atomic E-state index is 0.0875. The van der Waals surface area contributed by atoms with Crippen LogP contribution in [0.25, 0.3) is 55.6 Å². The maximum atomic E-state index is 5.15. The van der Waals surface area contributed by atoms with Crippen molar-refractivity contribution in [2.24, 2.45) is 0 Å². The Morgan fingerprint density at radius 2 is 0.902 bits per heavy atom. The maximum absolute atomic E-state index is 5.15. The Morgan fingerprint density at radius 3 is 1.51 bits per heavy atom. The molecule has 9 aromatic rings. The number of imidazole rings is 1. The molecule has 0 radical (unpaired) electrons. The fraction of sp³-hybridized carbons (Fsp3) is 0.0851. The lowest BCUT2D eigenvalue weighted by Gasteiger charge is -2.26. The predicted octanol–water partition coefficient (Wildman–Crippen LogP) is 12.6. The van der Waals surface area contributed by atoms with Crippen LogP contribution < -0.4 is 4.90 Å². The number of anilines is 3. The van der Waals surface area contributed by atoms with Gasteiger partial charge in [0.05, 0.1) is 22.1 Å². The molecule has 0 unspecified atom stereocenters. The Kier molecular flexibility index (Phi) is 7.32. The van der Waals surface area contributed by atoms with Gasteiger partial charge in [-0.25, -0.2) is 4.98 Å². The molecular weight excluding hydrogens is 621 g/mol. The highest BCUT2D eigenvalue weighted by atomic mass is 15.1. The van der Waals surface area contributed by atoms with Gasteiger partial charge in [0.15, 0.2) is 0 Å². The normalized spacial score (nSPS) is 11.8. The van der Waals surface area contributed by atoms with E-state index < -0.39 is 0 Å². The third kappa shape index (κ3) is 5.37. The van der Waals surface area contributed by atoms with E-state index in [0.717, 1.165) is 50.9 Å². The zero-order valence-electron chi connectivity index (χ0n) is 29.0. The quantitative estimate of drug-likeness (QED) is 0.178. The molecule has 0 aliphatic rings. The van der Waals surface area contributed by atoms with Gasteiger partial charge in [0.25, 0.3) is 0 Å². The molecule has 51 heavy (non-hydrogen) atoms. The molecule has 7 aromatic carbocycles. The summed E-state index contributed by atoms with van der Waals surface area (Å²) in [5.74, 6) is 0.924. The summed E-state index contributed by atoms with van der Waals surface area (Å²) in [4.78, 5) is 7.46. The van der Waals surface area contributed by atoms with Crippen molar-refractivity contribution >= 4 is 49.9 Å². The number of nitrogens with zero attached hydrogens (tertiary/aromatic N) is 4.